The lowest BCUT2D eigenvalue weighted by molar-refractivity contribution is -0.128. The third-order valence-corrected chi connectivity index (χ3v) is 4.48. The van der Waals surface area contributed by atoms with E-state index in [4.69, 9.17) is 4.74 Å². The molecule has 130 valence electrons. The van der Waals surface area contributed by atoms with Crippen LogP contribution in [0.3, 0.4) is 0 Å². The molecular formula is C16H22N4O4. The number of H-pyrrole nitrogens is 1. The van der Waals surface area contributed by atoms with Gasteiger partial charge in [0.25, 0.3) is 11.5 Å². The topological polar surface area (TPSA) is 104 Å². The van der Waals surface area contributed by atoms with Crippen molar-refractivity contribution in [3.05, 3.63) is 27.9 Å². The summed E-state index contributed by atoms with van der Waals surface area (Å²) >= 11 is 0. The highest BCUT2D eigenvalue weighted by atomic mass is 16.5. The van der Waals surface area contributed by atoms with E-state index in [1.807, 2.05) is 0 Å². The Kier molecular flexibility index (Phi) is 4.94. The first-order chi connectivity index (χ1) is 11.5. The summed E-state index contributed by atoms with van der Waals surface area (Å²) in [4.78, 5) is 44.0. The van der Waals surface area contributed by atoms with Crippen LogP contribution in [0.25, 0.3) is 0 Å². The molecule has 0 atom stereocenters. The van der Waals surface area contributed by atoms with E-state index in [0.717, 1.165) is 12.8 Å². The number of ether oxygens (including phenoxy) is 1. The second-order valence-corrected chi connectivity index (χ2v) is 6.42. The van der Waals surface area contributed by atoms with Crippen LogP contribution in [-0.2, 0) is 9.53 Å². The predicted octanol–water partition coefficient (Wildman–Crippen LogP) is -0.307. The van der Waals surface area contributed by atoms with Crippen LogP contribution in [0.2, 0.25) is 0 Å². The van der Waals surface area contributed by atoms with Gasteiger partial charge in [0.2, 0.25) is 5.91 Å². The molecule has 1 aromatic rings. The van der Waals surface area contributed by atoms with Crippen molar-refractivity contribution < 1.29 is 14.3 Å². The van der Waals surface area contributed by atoms with Gasteiger partial charge in [-0.15, -0.1) is 0 Å². The number of aromatic nitrogens is 2. The van der Waals surface area contributed by atoms with Crippen LogP contribution in [0.4, 0.5) is 0 Å². The molecule has 2 amide bonds. The molecule has 0 aliphatic carbocycles. The fraction of sp³-hybridized carbons (Fsp3) is 0.625. The Morgan fingerprint density at radius 1 is 1.38 bits per heavy atom. The molecule has 1 aromatic heterocycles. The van der Waals surface area contributed by atoms with Gasteiger partial charge in [-0.1, -0.05) is 0 Å². The van der Waals surface area contributed by atoms with E-state index in [0.29, 0.717) is 38.7 Å². The second kappa shape index (κ2) is 7.12. The standard InChI is InChI=1S/C16H22N4O4/c1-10-18-13(6-14(21)19-10)16(23)20-8-11(9-20)7-17-15(22)12-2-4-24-5-3-12/h6,11-12H,2-5,7-9H2,1H3,(H,17,22)(H,18,19,21). The van der Waals surface area contributed by atoms with Crippen molar-refractivity contribution >= 4 is 11.8 Å². The average Bonchev–Trinajstić information content (AvgIpc) is 2.52. The summed E-state index contributed by atoms with van der Waals surface area (Å²) in [5.41, 5.74) is -0.160. The molecule has 24 heavy (non-hydrogen) atoms. The molecule has 2 N–H and O–H groups in total. The highest BCUT2D eigenvalue weighted by Crippen LogP contribution is 2.18. The summed E-state index contributed by atoms with van der Waals surface area (Å²) < 4.78 is 5.25. The molecule has 2 aliphatic rings. The smallest absolute Gasteiger partial charge is 0.272 e. The van der Waals surface area contributed by atoms with Gasteiger partial charge in [-0.25, -0.2) is 4.98 Å². The Morgan fingerprint density at radius 2 is 2.08 bits per heavy atom. The third kappa shape index (κ3) is 3.81. The van der Waals surface area contributed by atoms with Crippen LogP contribution in [0.5, 0.6) is 0 Å². The van der Waals surface area contributed by atoms with E-state index < -0.39 is 0 Å². The van der Waals surface area contributed by atoms with Gasteiger partial charge in [0, 0.05) is 50.8 Å². The zero-order valence-electron chi connectivity index (χ0n) is 13.7. The largest absolute Gasteiger partial charge is 0.381 e. The van der Waals surface area contributed by atoms with Crippen molar-refractivity contribution in [3.63, 3.8) is 0 Å². The fourth-order valence-electron chi connectivity index (χ4n) is 3.06. The number of hydrogen-bond donors (Lipinski definition) is 2. The van der Waals surface area contributed by atoms with Crippen LogP contribution in [0, 0.1) is 18.8 Å². The number of aromatic amines is 1. The number of hydrogen-bond acceptors (Lipinski definition) is 5. The summed E-state index contributed by atoms with van der Waals surface area (Å²) in [5, 5.41) is 2.97. The number of rotatable bonds is 4. The van der Waals surface area contributed by atoms with Crippen molar-refractivity contribution in [1.29, 1.82) is 0 Å². The Morgan fingerprint density at radius 3 is 2.75 bits per heavy atom. The van der Waals surface area contributed by atoms with Crippen molar-refractivity contribution in [1.82, 2.24) is 20.2 Å². The maximum absolute atomic E-state index is 12.3. The summed E-state index contributed by atoms with van der Waals surface area (Å²) in [5.74, 6) is 0.554. The molecule has 2 aliphatic heterocycles. The van der Waals surface area contributed by atoms with Crippen LogP contribution in [0.15, 0.2) is 10.9 Å². The highest BCUT2D eigenvalue weighted by molar-refractivity contribution is 5.92. The molecule has 0 spiro atoms. The Balaban J connectivity index is 1.44. The molecule has 2 fully saturated rings. The quantitative estimate of drug-likeness (QED) is 0.786. The average molecular weight is 334 g/mol. The van der Waals surface area contributed by atoms with Crippen molar-refractivity contribution in [3.8, 4) is 0 Å². The molecule has 3 heterocycles. The molecule has 0 radical (unpaired) electrons. The van der Waals surface area contributed by atoms with E-state index in [1.54, 1.807) is 11.8 Å². The van der Waals surface area contributed by atoms with E-state index >= 15 is 0 Å². The van der Waals surface area contributed by atoms with Gasteiger partial charge in [-0.2, -0.15) is 0 Å². The third-order valence-electron chi connectivity index (χ3n) is 4.48. The van der Waals surface area contributed by atoms with Crippen molar-refractivity contribution in [2.75, 3.05) is 32.8 Å². The van der Waals surface area contributed by atoms with Crippen LogP contribution in [0.1, 0.15) is 29.2 Å². The normalized spacial score (nSPS) is 19.0. The maximum Gasteiger partial charge on any atom is 0.272 e. The molecule has 8 nitrogen and oxygen atoms in total. The number of likely N-dealkylation sites (tertiary alicyclic amines) is 1. The summed E-state index contributed by atoms with van der Waals surface area (Å²) in [6, 6.07) is 1.22. The number of nitrogens with one attached hydrogen (secondary N) is 2. The first-order valence-corrected chi connectivity index (χ1v) is 8.25. The first kappa shape index (κ1) is 16.6. The molecule has 2 saturated heterocycles. The van der Waals surface area contributed by atoms with Crippen LogP contribution >= 0.6 is 0 Å². The van der Waals surface area contributed by atoms with Crippen molar-refractivity contribution in [2.45, 2.75) is 19.8 Å². The van der Waals surface area contributed by atoms with Gasteiger partial charge >= 0.3 is 0 Å². The molecule has 3 rings (SSSR count). The molecule has 8 heteroatoms. The number of amides is 2. The Bertz CT molecular complexity index is 675. The fourth-order valence-corrected chi connectivity index (χ4v) is 3.06. The van der Waals surface area contributed by atoms with E-state index in [2.05, 4.69) is 15.3 Å². The Labute approximate surface area is 139 Å². The highest BCUT2D eigenvalue weighted by Gasteiger charge is 2.32. The lowest BCUT2D eigenvalue weighted by Gasteiger charge is -2.39. The molecule has 0 aromatic carbocycles. The number of carbonyl (C=O) groups is 2. The number of carbonyl (C=O) groups excluding carboxylic acids is 2. The number of nitrogens with zero attached hydrogens (tertiary/aromatic N) is 2. The summed E-state index contributed by atoms with van der Waals surface area (Å²) in [6.07, 6.45) is 1.55. The zero-order valence-corrected chi connectivity index (χ0v) is 13.7. The van der Waals surface area contributed by atoms with Gasteiger partial charge in [0.1, 0.15) is 11.5 Å². The SMILES string of the molecule is Cc1nc(C(=O)N2CC(CNC(=O)C3CCOCC3)C2)cc(=O)[nH]1. The predicted molar refractivity (Wildman–Crippen MR) is 85.5 cm³/mol. The molecule has 0 unspecified atom stereocenters. The summed E-state index contributed by atoms with van der Waals surface area (Å²) in [6.45, 7) is 4.64. The Hall–Kier alpha value is -2.22. The lowest BCUT2D eigenvalue weighted by atomic mass is 9.97. The maximum atomic E-state index is 12.3. The minimum absolute atomic E-state index is 0.0415. The number of aryl methyl sites for hydroxylation is 1. The molecule has 0 saturated carbocycles. The van der Waals surface area contributed by atoms with E-state index in [9.17, 15) is 14.4 Å². The van der Waals surface area contributed by atoms with Crippen molar-refractivity contribution in [2.24, 2.45) is 11.8 Å². The van der Waals surface area contributed by atoms with Crippen LogP contribution < -0.4 is 10.9 Å². The molecular weight excluding hydrogens is 312 g/mol. The molecule has 0 bridgehead atoms. The minimum atomic E-state index is -0.327. The van der Waals surface area contributed by atoms with Crippen LogP contribution in [-0.4, -0.2) is 59.5 Å². The van der Waals surface area contributed by atoms with Gasteiger partial charge in [0.15, 0.2) is 0 Å². The van der Waals surface area contributed by atoms with Gasteiger partial charge in [-0.05, 0) is 19.8 Å². The first-order valence-electron chi connectivity index (χ1n) is 8.25. The summed E-state index contributed by atoms with van der Waals surface area (Å²) in [7, 11) is 0. The van der Waals surface area contributed by atoms with Gasteiger partial charge in [0.05, 0.1) is 0 Å². The van der Waals surface area contributed by atoms with E-state index in [1.165, 1.54) is 6.07 Å². The lowest BCUT2D eigenvalue weighted by Crippen LogP contribution is -2.54. The van der Waals surface area contributed by atoms with E-state index in [-0.39, 0.29) is 34.9 Å². The minimum Gasteiger partial charge on any atom is -0.381 e. The van der Waals surface area contributed by atoms with Gasteiger partial charge < -0.3 is 19.9 Å². The second-order valence-electron chi connectivity index (χ2n) is 6.42. The monoisotopic (exact) mass is 334 g/mol. The van der Waals surface area contributed by atoms with Gasteiger partial charge in [-0.3, -0.25) is 14.4 Å². The zero-order chi connectivity index (χ0) is 17.1.